The van der Waals surface area contributed by atoms with Gasteiger partial charge in [-0.25, -0.2) is 0 Å². The molecule has 4 nitrogen and oxygen atoms in total. The average molecular weight is 282 g/mol. The number of carbonyl (C=O) groups excluding carboxylic acids is 2. The number of nitrogens with one attached hydrogen (secondary N) is 2. The summed E-state index contributed by atoms with van der Waals surface area (Å²) in [4.78, 5) is 23.1. The molecular formula is C17H18N2O2. The number of carbonyl (C=O) groups is 2. The summed E-state index contributed by atoms with van der Waals surface area (Å²) in [5, 5.41) is 5.55. The standard InChI is InChI=1S/C17H18N2O2/c1-18-17(21)14-4-2-3-11(10-14)12-5-7-15-13(9-12)6-8-16(20)19-15/h2,4-5,7,9-11H,3,6,8H2,1H3,(H,18,21)(H,19,20). The first-order chi connectivity index (χ1) is 10.2. The lowest BCUT2D eigenvalue weighted by Crippen LogP contribution is -2.21. The van der Waals surface area contributed by atoms with Crippen molar-refractivity contribution in [1.29, 1.82) is 0 Å². The molecule has 0 spiro atoms. The molecule has 21 heavy (non-hydrogen) atoms. The molecule has 1 aromatic rings. The van der Waals surface area contributed by atoms with Crippen molar-refractivity contribution < 1.29 is 9.59 Å². The largest absolute Gasteiger partial charge is 0.355 e. The van der Waals surface area contributed by atoms with Crippen molar-refractivity contribution >= 4 is 17.5 Å². The van der Waals surface area contributed by atoms with Gasteiger partial charge in [-0.3, -0.25) is 9.59 Å². The van der Waals surface area contributed by atoms with E-state index in [9.17, 15) is 9.59 Å². The van der Waals surface area contributed by atoms with E-state index in [-0.39, 0.29) is 17.7 Å². The number of aryl methyl sites for hydroxylation is 1. The van der Waals surface area contributed by atoms with Crippen LogP contribution in [0, 0.1) is 0 Å². The van der Waals surface area contributed by atoms with E-state index in [1.807, 2.05) is 30.4 Å². The van der Waals surface area contributed by atoms with Crippen LogP contribution in [0.5, 0.6) is 0 Å². The molecule has 0 radical (unpaired) electrons. The molecule has 2 N–H and O–H groups in total. The summed E-state index contributed by atoms with van der Waals surface area (Å²) in [5.41, 5.74) is 3.99. The van der Waals surface area contributed by atoms with Crippen molar-refractivity contribution in [2.24, 2.45) is 0 Å². The summed E-state index contributed by atoms with van der Waals surface area (Å²) >= 11 is 0. The molecule has 2 amide bonds. The van der Waals surface area contributed by atoms with Crippen molar-refractivity contribution in [3.8, 4) is 0 Å². The van der Waals surface area contributed by atoms with Crippen molar-refractivity contribution in [3.63, 3.8) is 0 Å². The lowest BCUT2D eigenvalue weighted by Gasteiger charge is -2.21. The van der Waals surface area contributed by atoms with E-state index in [4.69, 9.17) is 0 Å². The Balaban J connectivity index is 1.88. The van der Waals surface area contributed by atoms with Gasteiger partial charge in [-0.05, 0) is 30.0 Å². The topological polar surface area (TPSA) is 58.2 Å². The van der Waals surface area contributed by atoms with Crippen LogP contribution >= 0.6 is 0 Å². The highest BCUT2D eigenvalue weighted by molar-refractivity contribution is 5.96. The molecule has 108 valence electrons. The molecule has 1 aliphatic carbocycles. The van der Waals surface area contributed by atoms with Crippen LogP contribution in [0.4, 0.5) is 5.69 Å². The van der Waals surface area contributed by atoms with E-state index in [0.717, 1.165) is 18.5 Å². The first-order valence-corrected chi connectivity index (χ1v) is 7.20. The van der Waals surface area contributed by atoms with Crippen LogP contribution in [-0.2, 0) is 16.0 Å². The minimum atomic E-state index is -0.0545. The van der Waals surface area contributed by atoms with Gasteiger partial charge in [0.15, 0.2) is 0 Å². The quantitative estimate of drug-likeness (QED) is 0.874. The van der Waals surface area contributed by atoms with Gasteiger partial charge in [0.05, 0.1) is 0 Å². The SMILES string of the molecule is CNC(=O)C1=CC(c2ccc3c(c2)CCC(=O)N3)CC=C1. The highest BCUT2D eigenvalue weighted by Gasteiger charge is 2.19. The van der Waals surface area contributed by atoms with Crippen LogP contribution < -0.4 is 10.6 Å². The first-order valence-electron chi connectivity index (χ1n) is 7.20. The van der Waals surface area contributed by atoms with E-state index >= 15 is 0 Å². The molecule has 3 rings (SSSR count). The van der Waals surface area contributed by atoms with Crippen molar-refractivity contribution in [3.05, 3.63) is 53.1 Å². The highest BCUT2D eigenvalue weighted by atomic mass is 16.2. The maximum absolute atomic E-state index is 11.7. The molecule has 2 aliphatic rings. The van der Waals surface area contributed by atoms with Gasteiger partial charge in [-0.2, -0.15) is 0 Å². The number of anilines is 1. The number of hydrogen-bond acceptors (Lipinski definition) is 2. The maximum Gasteiger partial charge on any atom is 0.250 e. The van der Waals surface area contributed by atoms with Gasteiger partial charge >= 0.3 is 0 Å². The Morgan fingerprint density at radius 3 is 3.00 bits per heavy atom. The van der Waals surface area contributed by atoms with Crippen LogP contribution in [0.3, 0.4) is 0 Å². The summed E-state index contributed by atoms with van der Waals surface area (Å²) in [5.74, 6) is 0.240. The van der Waals surface area contributed by atoms with Gasteiger partial charge < -0.3 is 10.6 Å². The minimum Gasteiger partial charge on any atom is -0.355 e. The zero-order valence-electron chi connectivity index (χ0n) is 12.0. The van der Waals surface area contributed by atoms with Gasteiger partial charge in [0.2, 0.25) is 5.91 Å². The third kappa shape index (κ3) is 2.75. The number of rotatable bonds is 2. The second kappa shape index (κ2) is 5.56. The Hall–Kier alpha value is -2.36. The zero-order valence-corrected chi connectivity index (χ0v) is 12.0. The molecule has 0 aromatic heterocycles. The molecule has 1 atom stereocenters. The van der Waals surface area contributed by atoms with Crippen LogP contribution in [0.25, 0.3) is 0 Å². The fourth-order valence-electron chi connectivity index (χ4n) is 2.84. The molecule has 0 fully saturated rings. The normalized spacial score (nSPS) is 20.3. The molecule has 0 saturated heterocycles. The zero-order chi connectivity index (χ0) is 14.8. The lowest BCUT2D eigenvalue weighted by molar-refractivity contribution is -0.117. The van der Waals surface area contributed by atoms with Crippen molar-refractivity contribution in [1.82, 2.24) is 5.32 Å². The van der Waals surface area contributed by atoms with Crippen molar-refractivity contribution in [2.75, 3.05) is 12.4 Å². The second-order valence-corrected chi connectivity index (χ2v) is 5.41. The summed E-state index contributed by atoms with van der Waals surface area (Å²) in [7, 11) is 1.64. The molecule has 0 saturated carbocycles. The summed E-state index contributed by atoms with van der Waals surface area (Å²) in [6.45, 7) is 0. The number of amides is 2. The number of benzene rings is 1. The first kappa shape index (κ1) is 13.6. The predicted octanol–water partition coefficient (Wildman–Crippen LogP) is 2.29. The Morgan fingerprint density at radius 2 is 2.19 bits per heavy atom. The minimum absolute atomic E-state index is 0.0545. The lowest BCUT2D eigenvalue weighted by atomic mass is 9.87. The van der Waals surface area contributed by atoms with Gasteiger partial charge in [0.1, 0.15) is 0 Å². The summed E-state index contributed by atoms with van der Waals surface area (Å²) in [6.07, 6.45) is 8.14. The van der Waals surface area contributed by atoms with Crippen molar-refractivity contribution in [2.45, 2.75) is 25.2 Å². The van der Waals surface area contributed by atoms with Crippen LogP contribution in [0.1, 0.15) is 29.9 Å². The third-order valence-corrected chi connectivity index (χ3v) is 4.01. The van der Waals surface area contributed by atoms with E-state index in [2.05, 4.69) is 16.7 Å². The molecule has 1 aliphatic heterocycles. The third-order valence-electron chi connectivity index (χ3n) is 4.01. The Bertz CT molecular complexity index is 659. The molecule has 1 aromatic carbocycles. The molecule has 0 bridgehead atoms. The van der Waals surface area contributed by atoms with Crippen LogP contribution in [0.15, 0.2) is 42.0 Å². The second-order valence-electron chi connectivity index (χ2n) is 5.41. The van der Waals surface area contributed by atoms with E-state index < -0.39 is 0 Å². The molecular weight excluding hydrogens is 264 g/mol. The van der Waals surface area contributed by atoms with Gasteiger partial charge in [0.25, 0.3) is 5.91 Å². The van der Waals surface area contributed by atoms with E-state index in [0.29, 0.717) is 12.0 Å². The number of allylic oxidation sites excluding steroid dienone is 2. The molecule has 4 heteroatoms. The molecule has 1 unspecified atom stereocenters. The Morgan fingerprint density at radius 1 is 1.33 bits per heavy atom. The van der Waals surface area contributed by atoms with Gasteiger partial charge in [-0.15, -0.1) is 0 Å². The van der Waals surface area contributed by atoms with Crippen LogP contribution in [0.2, 0.25) is 0 Å². The van der Waals surface area contributed by atoms with Crippen LogP contribution in [-0.4, -0.2) is 18.9 Å². The predicted molar refractivity (Wildman–Crippen MR) is 82.0 cm³/mol. The number of likely N-dealkylation sites (N-methyl/N-ethyl adjacent to an activating group) is 1. The number of hydrogen-bond donors (Lipinski definition) is 2. The average Bonchev–Trinajstić information content (AvgIpc) is 2.53. The van der Waals surface area contributed by atoms with E-state index in [1.54, 1.807) is 7.05 Å². The van der Waals surface area contributed by atoms with Gasteiger partial charge in [0, 0.05) is 30.6 Å². The summed E-state index contributed by atoms with van der Waals surface area (Å²) in [6, 6.07) is 6.15. The van der Waals surface area contributed by atoms with Gasteiger partial charge in [-0.1, -0.05) is 30.4 Å². The summed E-state index contributed by atoms with van der Waals surface area (Å²) < 4.78 is 0. The Labute approximate surface area is 123 Å². The number of fused-ring (bicyclic) bond motifs is 1. The monoisotopic (exact) mass is 282 g/mol. The molecule has 1 heterocycles. The van der Waals surface area contributed by atoms with E-state index in [1.165, 1.54) is 11.1 Å². The Kier molecular flexibility index (Phi) is 3.60. The highest BCUT2D eigenvalue weighted by Crippen LogP contribution is 2.31. The fraction of sp³-hybridized carbons (Fsp3) is 0.294. The smallest absolute Gasteiger partial charge is 0.250 e. The fourth-order valence-corrected chi connectivity index (χ4v) is 2.84. The maximum atomic E-state index is 11.7.